The second kappa shape index (κ2) is 9.76. The first-order valence-electron chi connectivity index (χ1n) is 9.52. The quantitative estimate of drug-likeness (QED) is 0.377. The number of carbonyl (C=O) groups excluding carboxylic acids is 1. The number of hydrogen-bond donors (Lipinski definition) is 1. The number of rotatable bonds is 8. The lowest BCUT2D eigenvalue weighted by molar-refractivity contribution is 0.0824. The van der Waals surface area contributed by atoms with E-state index in [0.717, 1.165) is 10.2 Å². The molecule has 2 heterocycles. The van der Waals surface area contributed by atoms with Gasteiger partial charge in [-0.3, -0.25) is 4.79 Å². The molecule has 164 valence electrons. The number of nitrogens with zero attached hydrogens (tertiary/aromatic N) is 3. The summed E-state index contributed by atoms with van der Waals surface area (Å²) in [6, 6.07) is 15.5. The Morgan fingerprint density at radius 2 is 1.97 bits per heavy atom. The van der Waals surface area contributed by atoms with Gasteiger partial charge in [0.1, 0.15) is 17.3 Å². The smallest absolute Gasteiger partial charge is 0.287 e. The molecular weight excluding hydrogens is 455 g/mol. The zero-order valence-corrected chi connectivity index (χ0v) is 18.4. The molecule has 4 rings (SSSR count). The van der Waals surface area contributed by atoms with Gasteiger partial charge in [-0.05, 0) is 54.6 Å². The molecule has 0 atom stereocenters. The molecule has 0 saturated heterocycles. The molecule has 10 heteroatoms. The van der Waals surface area contributed by atoms with E-state index in [1.54, 1.807) is 43.7 Å². The summed E-state index contributed by atoms with van der Waals surface area (Å²) in [6.07, 6.45) is 1.57. The number of ether oxygens (including phenoxy) is 2. The van der Waals surface area contributed by atoms with E-state index in [1.807, 2.05) is 18.2 Å². The fourth-order valence-corrected chi connectivity index (χ4v) is 3.30. The number of nitrogens with one attached hydrogen (secondary N) is 1. The van der Waals surface area contributed by atoms with Gasteiger partial charge in [0, 0.05) is 10.6 Å². The number of halogens is 2. The predicted octanol–water partition coefficient (Wildman–Crippen LogP) is 5.18. The van der Waals surface area contributed by atoms with Gasteiger partial charge in [0.15, 0.2) is 12.4 Å². The Kier molecular flexibility index (Phi) is 6.63. The average molecular weight is 473 g/mol. The van der Waals surface area contributed by atoms with Gasteiger partial charge in [0.2, 0.25) is 5.95 Å². The van der Waals surface area contributed by atoms with E-state index in [1.165, 1.54) is 6.07 Å². The van der Waals surface area contributed by atoms with E-state index in [0.29, 0.717) is 39.7 Å². The summed E-state index contributed by atoms with van der Waals surface area (Å²) in [5, 5.41) is 8.23. The fraction of sp³-hybridized carbons (Fsp3) is 0.136. The molecule has 0 aliphatic rings. The maximum Gasteiger partial charge on any atom is 0.287 e. The number of methoxy groups -OCH3 is 1. The van der Waals surface area contributed by atoms with E-state index >= 15 is 0 Å². The van der Waals surface area contributed by atoms with Crippen LogP contribution >= 0.6 is 23.2 Å². The highest BCUT2D eigenvalue weighted by molar-refractivity contribution is 6.35. The Balaban J connectivity index is 1.57. The van der Waals surface area contributed by atoms with Crippen molar-refractivity contribution in [3.63, 3.8) is 0 Å². The van der Waals surface area contributed by atoms with Crippen molar-refractivity contribution in [2.75, 3.05) is 19.0 Å². The minimum Gasteiger partial charge on any atom is -0.497 e. The van der Waals surface area contributed by atoms with Crippen molar-refractivity contribution in [2.24, 2.45) is 0 Å². The topological polar surface area (TPSA) is 91.4 Å². The first kappa shape index (κ1) is 21.7. The molecule has 2 aromatic heterocycles. The molecule has 32 heavy (non-hydrogen) atoms. The molecule has 0 saturated carbocycles. The number of anilines is 1. The normalized spacial score (nSPS) is 10.7. The number of furan rings is 1. The monoisotopic (exact) mass is 472 g/mol. The molecule has 8 nitrogen and oxygen atoms in total. The molecule has 0 aliphatic heterocycles. The summed E-state index contributed by atoms with van der Waals surface area (Å²) in [7, 11) is 1.59. The lowest BCUT2D eigenvalue weighted by Crippen LogP contribution is -2.22. The van der Waals surface area contributed by atoms with Gasteiger partial charge in [-0.15, -0.1) is 5.10 Å². The summed E-state index contributed by atoms with van der Waals surface area (Å²) in [5.41, 5.74) is 0.722. The van der Waals surface area contributed by atoms with Crippen molar-refractivity contribution in [1.82, 2.24) is 14.8 Å². The zero-order chi connectivity index (χ0) is 22.5. The van der Waals surface area contributed by atoms with Gasteiger partial charge >= 0.3 is 0 Å². The van der Waals surface area contributed by atoms with Crippen molar-refractivity contribution in [1.29, 1.82) is 0 Å². The Bertz CT molecular complexity index is 1210. The molecular formula is C22H18Cl2N4O4. The summed E-state index contributed by atoms with van der Waals surface area (Å²) in [4.78, 5) is 17.4. The van der Waals surface area contributed by atoms with Crippen LogP contribution in [-0.2, 0) is 6.54 Å². The largest absolute Gasteiger partial charge is 0.497 e. The first-order valence-corrected chi connectivity index (χ1v) is 10.3. The highest BCUT2D eigenvalue weighted by Crippen LogP contribution is 2.27. The number of benzene rings is 2. The summed E-state index contributed by atoms with van der Waals surface area (Å²) in [6.45, 7) is 0.0209. The Morgan fingerprint density at radius 3 is 2.66 bits per heavy atom. The van der Waals surface area contributed by atoms with Crippen LogP contribution in [0.3, 0.4) is 0 Å². The maximum absolute atomic E-state index is 12.9. The van der Waals surface area contributed by atoms with Crippen LogP contribution in [0.25, 0.3) is 11.4 Å². The van der Waals surface area contributed by atoms with Crippen LogP contribution in [-0.4, -0.2) is 34.4 Å². The second-order valence-corrected chi connectivity index (χ2v) is 7.43. The maximum atomic E-state index is 12.9. The minimum atomic E-state index is -0.440. The number of hydrogen-bond acceptors (Lipinski definition) is 7. The zero-order valence-electron chi connectivity index (χ0n) is 16.9. The molecule has 0 aliphatic carbocycles. The second-order valence-electron chi connectivity index (χ2n) is 6.59. The third-order valence-corrected chi connectivity index (χ3v) is 4.97. The molecule has 0 spiro atoms. The highest BCUT2D eigenvalue weighted by Gasteiger charge is 2.19. The van der Waals surface area contributed by atoms with Crippen molar-refractivity contribution in [3.8, 4) is 22.9 Å². The van der Waals surface area contributed by atoms with Gasteiger partial charge in [-0.2, -0.15) is 9.67 Å². The van der Waals surface area contributed by atoms with Crippen LogP contribution in [0.5, 0.6) is 11.5 Å². The summed E-state index contributed by atoms with van der Waals surface area (Å²) >= 11 is 12.0. The van der Waals surface area contributed by atoms with Crippen molar-refractivity contribution in [2.45, 2.75) is 6.54 Å². The molecule has 1 N–H and O–H groups in total. The lowest BCUT2D eigenvalue weighted by atomic mass is 10.2. The van der Waals surface area contributed by atoms with Gasteiger partial charge in [-0.1, -0.05) is 23.2 Å². The van der Waals surface area contributed by atoms with Gasteiger partial charge < -0.3 is 19.2 Å². The van der Waals surface area contributed by atoms with Crippen LogP contribution in [0.1, 0.15) is 10.6 Å². The first-order chi connectivity index (χ1) is 15.5. The summed E-state index contributed by atoms with van der Waals surface area (Å²) < 4.78 is 17.2. The Labute approximate surface area is 193 Å². The number of aromatic nitrogens is 3. The third kappa shape index (κ3) is 5.04. The third-order valence-electron chi connectivity index (χ3n) is 4.44. The molecule has 0 radical (unpaired) electrons. The summed E-state index contributed by atoms with van der Waals surface area (Å²) in [5.74, 6) is 1.90. The van der Waals surface area contributed by atoms with E-state index in [2.05, 4.69) is 15.4 Å². The van der Waals surface area contributed by atoms with Crippen LogP contribution in [0, 0.1) is 0 Å². The van der Waals surface area contributed by atoms with Gasteiger partial charge in [0.05, 0.1) is 24.9 Å². The minimum absolute atomic E-state index is 0.253. The van der Waals surface area contributed by atoms with Crippen LogP contribution in [0.15, 0.2) is 65.3 Å². The van der Waals surface area contributed by atoms with E-state index < -0.39 is 5.91 Å². The SMILES string of the molecule is COc1ccc(-c2nc(NCc3ccco3)n(C(=O)COc3ccc(Cl)cc3Cl)n2)cc1. The molecule has 0 bridgehead atoms. The standard InChI is InChI=1S/C22H18Cl2N4O4/c1-30-16-7-4-14(5-8-16)21-26-22(25-12-17-3-2-10-31-17)28(27-21)20(29)13-32-19-9-6-15(23)11-18(19)24/h2-11H,12-13H2,1H3,(H,25,26,27). The van der Waals surface area contributed by atoms with E-state index in [4.69, 9.17) is 37.1 Å². The molecule has 0 unspecified atom stereocenters. The van der Waals surface area contributed by atoms with E-state index in [9.17, 15) is 4.79 Å². The fourth-order valence-electron chi connectivity index (χ4n) is 2.84. The highest BCUT2D eigenvalue weighted by atomic mass is 35.5. The molecule has 2 aromatic carbocycles. The lowest BCUT2D eigenvalue weighted by Gasteiger charge is -2.09. The van der Waals surface area contributed by atoms with Crippen molar-refractivity contribution >= 4 is 35.1 Å². The van der Waals surface area contributed by atoms with Crippen molar-refractivity contribution < 1.29 is 18.7 Å². The Morgan fingerprint density at radius 1 is 1.16 bits per heavy atom. The molecule has 0 amide bonds. The van der Waals surface area contributed by atoms with Crippen molar-refractivity contribution in [3.05, 3.63) is 76.7 Å². The van der Waals surface area contributed by atoms with Crippen LogP contribution in [0.2, 0.25) is 10.0 Å². The average Bonchev–Trinajstić information content (AvgIpc) is 3.47. The Hall–Kier alpha value is -3.49. The van der Waals surface area contributed by atoms with Crippen LogP contribution in [0.4, 0.5) is 5.95 Å². The number of carbonyl (C=O) groups is 1. The molecule has 4 aromatic rings. The molecule has 0 fully saturated rings. The van der Waals surface area contributed by atoms with E-state index in [-0.39, 0.29) is 12.6 Å². The van der Waals surface area contributed by atoms with Gasteiger partial charge in [-0.25, -0.2) is 0 Å². The predicted molar refractivity (Wildman–Crippen MR) is 121 cm³/mol. The van der Waals surface area contributed by atoms with Gasteiger partial charge in [0.25, 0.3) is 5.91 Å². The van der Waals surface area contributed by atoms with Crippen LogP contribution < -0.4 is 14.8 Å².